The van der Waals surface area contributed by atoms with Gasteiger partial charge in [0.15, 0.2) is 0 Å². The SMILES string of the molecule is COC(=O)C[C@H](NC(=O)C1CCC(N)C1)C(=O)O. The summed E-state index contributed by atoms with van der Waals surface area (Å²) >= 11 is 0. The van der Waals surface area contributed by atoms with Crippen molar-refractivity contribution < 1.29 is 24.2 Å². The average Bonchev–Trinajstić information content (AvgIpc) is 2.74. The number of carbonyl (C=O) groups is 3. The third-order valence-corrected chi connectivity index (χ3v) is 3.06. The van der Waals surface area contributed by atoms with Gasteiger partial charge in [-0.3, -0.25) is 9.59 Å². The Labute approximate surface area is 105 Å². The van der Waals surface area contributed by atoms with Gasteiger partial charge < -0.3 is 20.9 Å². The Balaban J connectivity index is 2.52. The van der Waals surface area contributed by atoms with Gasteiger partial charge >= 0.3 is 11.9 Å². The molecule has 0 aromatic heterocycles. The van der Waals surface area contributed by atoms with Crippen LogP contribution in [0.25, 0.3) is 0 Å². The molecule has 0 saturated heterocycles. The van der Waals surface area contributed by atoms with Gasteiger partial charge in [0, 0.05) is 12.0 Å². The van der Waals surface area contributed by atoms with Gasteiger partial charge in [0.1, 0.15) is 6.04 Å². The van der Waals surface area contributed by atoms with E-state index >= 15 is 0 Å². The van der Waals surface area contributed by atoms with E-state index < -0.39 is 18.0 Å². The Morgan fingerprint density at radius 2 is 2.11 bits per heavy atom. The smallest absolute Gasteiger partial charge is 0.326 e. The van der Waals surface area contributed by atoms with Gasteiger partial charge in [0.2, 0.25) is 5.91 Å². The normalized spacial score (nSPS) is 24.3. The first kappa shape index (κ1) is 14.4. The highest BCUT2D eigenvalue weighted by Gasteiger charge is 2.31. The largest absolute Gasteiger partial charge is 0.480 e. The van der Waals surface area contributed by atoms with E-state index in [9.17, 15) is 14.4 Å². The number of esters is 1. The van der Waals surface area contributed by atoms with Crippen molar-refractivity contribution in [1.29, 1.82) is 0 Å². The number of hydrogen-bond acceptors (Lipinski definition) is 5. The standard InChI is InChI=1S/C11H18N2O5/c1-18-9(14)5-8(11(16)17)13-10(15)6-2-3-7(12)4-6/h6-8H,2-5,12H2,1H3,(H,13,15)(H,16,17)/t6?,7?,8-/m0/s1. The average molecular weight is 258 g/mol. The molecule has 1 fully saturated rings. The quantitative estimate of drug-likeness (QED) is 0.558. The summed E-state index contributed by atoms with van der Waals surface area (Å²) in [5.41, 5.74) is 5.69. The lowest BCUT2D eigenvalue weighted by atomic mass is 10.1. The third-order valence-electron chi connectivity index (χ3n) is 3.06. The zero-order chi connectivity index (χ0) is 13.7. The van der Waals surface area contributed by atoms with Crippen LogP contribution in [0.15, 0.2) is 0 Å². The zero-order valence-electron chi connectivity index (χ0n) is 10.2. The molecule has 0 aromatic rings. The molecule has 0 aromatic carbocycles. The summed E-state index contributed by atoms with van der Waals surface area (Å²) in [7, 11) is 1.17. The fourth-order valence-electron chi connectivity index (χ4n) is 1.99. The van der Waals surface area contributed by atoms with Gasteiger partial charge in [-0.1, -0.05) is 0 Å². The molecule has 1 rings (SSSR count). The van der Waals surface area contributed by atoms with Crippen LogP contribution in [0.5, 0.6) is 0 Å². The predicted octanol–water partition coefficient (Wildman–Crippen LogP) is -0.754. The molecule has 0 spiro atoms. The predicted molar refractivity (Wildman–Crippen MR) is 61.5 cm³/mol. The molecule has 1 amide bonds. The molecule has 3 atom stereocenters. The van der Waals surface area contributed by atoms with E-state index in [1.807, 2.05) is 0 Å². The lowest BCUT2D eigenvalue weighted by molar-refractivity contribution is -0.149. The van der Waals surface area contributed by atoms with Crippen LogP contribution in [-0.4, -0.2) is 42.1 Å². The van der Waals surface area contributed by atoms with Crippen molar-refractivity contribution in [2.75, 3.05) is 7.11 Å². The molecule has 0 bridgehead atoms. The van der Waals surface area contributed by atoms with Crippen LogP contribution in [0, 0.1) is 5.92 Å². The second kappa shape index (κ2) is 6.34. The molecule has 1 aliphatic carbocycles. The van der Waals surface area contributed by atoms with Gasteiger partial charge in [-0.25, -0.2) is 4.79 Å². The van der Waals surface area contributed by atoms with E-state index in [1.165, 1.54) is 7.11 Å². The molecule has 1 aliphatic rings. The molecular weight excluding hydrogens is 240 g/mol. The van der Waals surface area contributed by atoms with Crippen molar-refractivity contribution >= 4 is 17.8 Å². The van der Waals surface area contributed by atoms with Gasteiger partial charge in [0.25, 0.3) is 0 Å². The lowest BCUT2D eigenvalue weighted by Crippen LogP contribution is -2.44. The Morgan fingerprint density at radius 1 is 1.44 bits per heavy atom. The van der Waals surface area contributed by atoms with Crippen molar-refractivity contribution in [3.8, 4) is 0 Å². The van der Waals surface area contributed by atoms with Gasteiger partial charge in [0.05, 0.1) is 13.5 Å². The number of carboxylic acid groups (broad SMARTS) is 1. The van der Waals surface area contributed by atoms with E-state index in [4.69, 9.17) is 10.8 Å². The minimum Gasteiger partial charge on any atom is -0.480 e. The van der Waals surface area contributed by atoms with Gasteiger partial charge in [-0.2, -0.15) is 0 Å². The molecule has 4 N–H and O–H groups in total. The first-order chi connectivity index (χ1) is 8.43. The number of ether oxygens (including phenoxy) is 1. The molecule has 18 heavy (non-hydrogen) atoms. The van der Waals surface area contributed by atoms with Crippen molar-refractivity contribution in [2.45, 2.75) is 37.8 Å². The van der Waals surface area contributed by atoms with Crippen molar-refractivity contribution in [1.82, 2.24) is 5.32 Å². The number of hydrogen-bond donors (Lipinski definition) is 3. The highest BCUT2D eigenvalue weighted by atomic mass is 16.5. The number of amides is 1. The minimum absolute atomic E-state index is 0.00960. The molecule has 7 heteroatoms. The highest BCUT2D eigenvalue weighted by Crippen LogP contribution is 2.24. The number of carbonyl (C=O) groups excluding carboxylic acids is 2. The van der Waals surface area contributed by atoms with Gasteiger partial charge in [-0.05, 0) is 19.3 Å². The van der Waals surface area contributed by atoms with Crippen molar-refractivity contribution in [2.24, 2.45) is 11.7 Å². The van der Waals surface area contributed by atoms with E-state index in [2.05, 4.69) is 10.1 Å². The number of carboxylic acids is 1. The number of nitrogens with one attached hydrogen (secondary N) is 1. The Hall–Kier alpha value is -1.63. The fraction of sp³-hybridized carbons (Fsp3) is 0.727. The van der Waals surface area contributed by atoms with E-state index in [1.54, 1.807) is 0 Å². The summed E-state index contributed by atoms with van der Waals surface area (Å²) in [5, 5.41) is 11.3. The molecule has 7 nitrogen and oxygen atoms in total. The molecule has 1 saturated carbocycles. The maximum atomic E-state index is 11.8. The zero-order valence-corrected chi connectivity index (χ0v) is 10.2. The molecule has 102 valence electrons. The minimum atomic E-state index is -1.25. The van der Waals surface area contributed by atoms with Crippen LogP contribution in [0.4, 0.5) is 0 Å². The molecular formula is C11H18N2O5. The van der Waals surface area contributed by atoms with E-state index in [0.717, 1.165) is 6.42 Å². The van der Waals surface area contributed by atoms with Gasteiger partial charge in [-0.15, -0.1) is 0 Å². The Bertz CT molecular complexity index is 344. The molecule has 2 unspecified atom stereocenters. The number of rotatable bonds is 5. The maximum Gasteiger partial charge on any atom is 0.326 e. The lowest BCUT2D eigenvalue weighted by Gasteiger charge is -2.16. The highest BCUT2D eigenvalue weighted by molar-refractivity contribution is 5.88. The summed E-state index contributed by atoms with van der Waals surface area (Å²) in [4.78, 5) is 33.7. The summed E-state index contributed by atoms with van der Waals surface area (Å²) in [6.45, 7) is 0. The summed E-state index contributed by atoms with van der Waals surface area (Å²) < 4.78 is 4.38. The molecule has 0 heterocycles. The topological polar surface area (TPSA) is 119 Å². The molecule has 0 radical (unpaired) electrons. The number of methoxy groups -OCH3 is 1. The fourth-order valence-corrected chi connectivity index (χ4v) is 1.99. The second-order valence-electron chi connectivity index (χ2n) is 4.45. The summed E-state index contributed by atoms with van der Waals surface area (Å²) in [6.07, 6.45) is 1.58. The van der Waals surface area contributed by atoms with Crippen LogP contribution in [0.3, 0.4) is 0 Å². The number of aliphatic carboxylic acids is 1. The Morgan fingerprint density at radius 3 is 2.56 bits per heavy atom. The second-order valence-corrected chi connectivity index (χ2v) is 4.45. The van der Waals surface area contributed by atoms with Crippen molar-refractivity contribution in [3.63, 3.8) is 0 Å². The van der Waals surface area contributed by atoms with E-state index in [-0.39, 0.29) is 24.3 Å². The summed E-state index contributed by atoms with van der Waals surface area (Å²) in [5.74, 6) is -2.55. The van der Waals surface area contributed by atoms with Crippen LogP contribution < -0.4 is 11.1 Å². The van der Waals surface area contributed by atoms with Crippen LogP contribution >= 0.6 is 0 Å². The van der Waals surface area contributed by atoms with Crippen molar-refractivity contribution in [3.05, 3.63) is 0 Å². The van der Waals surface area contributed by atoms with E-state index in [0.29, 0.717) is 12.8 Å². The monoisotopic (exact) mass is 258 g/mol. The third kappa shape index (κ3) is 3.99. The first-order valence-electron chi connectivity index (χ1n) is 5.79. The van der Waals surface area contributed by atoms with Crippen LogP contribution in [0.1, 0.15) is 25.7 Å². The Kier molecular flexibility index (Phi) is 5.08. The summed E-state index contributed by atoms with van der Waals surface area (Å²) in [6, 6.07) is -1.26. The first-order valence-corrected chi connectivity index (χ1v) is 5.79. The van der Waals surface area contributed by atoms with Crippen LogP contribution in [-0.2, 0) is 19.1 Å². The molecule has 0 aliphatic heterocycles. The number of nitrogens with two attached hydrogens (primary N) is 1. The maximum absolute atomic E-state index is 11.8. The van der Waals surface area contributed by atoms with Crippen LogP contribution in [0.2, 0.25) is 0 Å².